The normalized spacial score (nSPS) is 24.0. The highest BCUT2D eigenvalue weighted by Gasteiger charge is 2.39. The lowest BCUT2D eigenvalue weighted by Gasteiger charge is -2.38. The molecule has 1 unspecified atom stereocenters. The van der Waals surface area contributed by atoms with Crippen LogP contribution in [0.3, 0.4) is 0 Å². The lowest BCUT2D eigenvalue weighted by Crippen LogP contribution is -2.51. The second-order valence-corrected chi connectivity index (χ2v) is 9.06. The van der Waals surface area contributed by atoms with Gasteiger partial charge in [-0.15, -0.1) is 0 Å². The van der Waals surface area contributed by atoms with E-state index in [-0.39, 0.29) is 5.92 Å². The van der Waals surface area contributed by atoms with Gasteiger partial charge in [-0.1, -0.05) is 30.3 Å². The van der Waals surface area contributed by atoms with Crippen molar-refractivity contribution in [3.05, 3.63) is 65.2 Å². The van der Waals surface area contributed by atoms with Crippen LogP contribution in [0.15, 0.2) is 53.1 Å². The summed E-state index contributed by atoms with van der Waals surface area (Å²) in [6.45, 7) is 1.97. The standard InChI is InChI=1S/C25H28N6O/c26-25(21-10-8-17-6-2-3-7-20(17)21)13-12-18-16-19(9-11-22(18)29-25)27-24-28-23(30-32-24)31-14-4-1-5-15-31/h2-3,6-7,9,11-13,16,21,29H,1,4-5,8,10,14-15,26H2,(H,27,28,30)/t21?,25-/m1/s1. The van der Waals surface area contributed by atoms with Crippen LogP contribution in [-0.4, -0.2) is 28.9 Å². The molecule has 2 atom stereocenters. The van der Waals surface area contributed by atoms with Crippen molar-refractivity contribution in [2.75, 3.05) is 28.6 Å². The quantitative estimate of drug-likeness (QED) is 0.558. The third-order valence-electron chi connectivity index (χ3n) is 6.96. The number of nitrogens with one attached hydrogen (secondary N) is 2. The Labute approximate surface area is 187 Å². The van der Waals surface area contributed by atoms with Crippen molar-refractivity contribution in [1.82, 2.24) is 10.1 Å². The molecule has 0 saturated carbocycles. The van der Waals surface area contributed by atoms with Crippen LogP contribution in [0.25, 0.3) is 6.08 Å². The molecule has 3 aromatic rings. The van der Waals surface area contributed by atoms with Gasteiger partial charge in [0.05, 0.1) is 0 Å². The van der Waals surface area contributed by atoms with Crippen molar-refractivity contribution in [2.45, 2.75) is 43.7 Å². The maximum absolute atomic E-state index is 6.88. The number of aryl methyl sites for hydroxylation is 1. The van der Waals surface area contributed by atoms with Crippen LogP contribution in [0, 0.1) is 0 Å². The summed E-state index contributed by atoms with van der Waals surface area (Å²) < 4.78 is 5.43. The molecule has 0 spiro atoms. The van der Waals surface area contributed by atoms with Crippen molar-refractivity contribution in [2.24, 2.45) is 5.73 Å². The van der Waals surface area contributed by atoms with E-state index < -0.39 is 5.66 Å². The second kappa shape index (κ2) is 7.67. The zero-order valence-electron chi connectivity index (χ0n) is 18.1. The summed E-state index contributed by atoms with van der Waals surface area (Å²) in [5, 5.41) is 11.0. The largest absolute Gasteiger partial charge is 0.363 e. The topological polar surface area (TPSA) is 92.2 Å². The molecule has 164 valence electrons. The Morgan fingerprint density at radius 1 is 1.12 bits per heavy atom. The number of hydrogen-bond donors (Lipinski definition) is 3. The van der Waals surface area contributed by atoms with E-state index in [2.05, 4.69) is 74.2 Å². The smallest absolute Gasteiger partial charge is 0.327 e. The van der Waals surface area contributed by atoms with Gasteiger partial charge in [0.25, 0.3) is 5.95 Å². The Morgan fingerprint density at radius 3 is 2.91 bits per heavy atom. The summed E-state index contributed by atoms with van der Waals surface area (Å²) in [5.41, 5.74) is 12.1. The molecule has 6 rings (SSSR count). The highest BCUT2D eigenvalue weighted by Crippen LogP contribution is 2.43. The van der Waals surface area contributed by atoms with Crippen LogP contribution >= 0.6 is 0 Å². The van der Waals surface area contributed by atoms with Gasteiger partial charge in [0, 0.05) is 30.4 Å². The monoisotopic (exact) mass is 428 g/mol. The van der Waals surface area contributed by atoms with Gasteiger partial charge in [-0.25, -0.2) is 0 Å². The molecule has 3 heterocycles. The number of fused-ring (bicyclic) bond motifs is 2. The van der Waals surface area contributed by atoms with Crippen LogP contribution in [0.1, 0.15) is 48.3 Å². The summed E-state index contributed by atoms with van der Waals surface area (Å²) in [5.74, 6) is 0.920. The number of anilines is 4. The molecule has 3 aliphatic rings. The number of piperidine rings is 1. The predicted molar refractivity (Wildman–Crippen MR) is 127 cm³/mol. The molecule has 1 aromatic heterocycles. The highest BCUT2D eigenvalue weighted by molar-refractivity contribution is 5.77. The molecule has 1 fully saturated rings. The third-order valence-corrected chi connectivity index (χ3v) is 6.96. The Kier molecular flexibility index (Phi) is 4.64. The third kappa shape index (κ3) is 3.42. The van der Waals surface area contributed by atoms with Gasteiger partial charge >= 0.3 is 6.01 Å². The van der Waals surface area contributed by atoms with E-state index in [0.717, 1.165) is 42.9 Å². The molecule has 32 heavy (non-hydrogen) atoms. The minimum atomic E-state index is -0.593. The predicted octanol–water partition coefficient (Wildman–Crippen LogP) is 4.63. The molecule has 2 aromatic carbocycles. The van der Waals surface area contributed by atoms with Crippen LogP contribution in [0.5, 0.6) is 0 Å². The van der Waals surface area contributed by atoms with E-state index in [9.17, 15) is 0 Å². The zero-order valence-corrected chi connectivity index (χ0v) is 18.1. The van der Waals surface area contributed by atoms with Gasteiger partial charge in [-0.3, -0.25) is 0 Å². The van der Waals surface area contributed by atoms with Crippen molar-refractivity contribution in [3.63, 3.8) is 0 Å². The Hall–Kier alpha value is -3.32. The van der Waals surface area contributed by atoms with Gasteiger partial charge in [-0.2, -0.15) is 4.98 Å². The minimum Gasteiger partial charge on any atom is -0.363 e. The molecular formula is C25H28N6O. The molecule has 7 heteroatoms. The fourth-order valence-corrected chi connectivity index (χ4v) is 5.26. The fourth-order valence-electron chi connectivity index (χ4n) is 5.26. The molecule has 4 N–H and O–H groups in total. The Morgan fingerprint density at radius 2 is 2.00 bits per heavy atom. The summed E-state index contributed by atoms with van der Waals surface area (Å²) in [6, 6.07) is 15.2. The second-order valence-electron chi connectivity index (χ2n) is 9.06. The molecule has 7 nitrogen and oxygen atoms in total. The van der Waals surface area contributed by atoms with Gasteiger partial charge in [0.1, 0.15) is 5.66 Å². The van der Waals surface area contributed by atoms with Crippen molar-refractivity contribution >= 4 is 29.4 Å². The van der Waals surface area contributed by atoms with Gasteiger partial charge < -0.3 is 25.8 Å². The minimum absolute atomic E-state index is 0.257. The Balaban J connectivity index is 1.19. The summed E-state index contributed by atoms with van der Waals surface area (Å²) >= 11 is 0. The summed E-state index contributed by atoms with van der Waals surface area (Å²) in [7, 11) is 0. The SMILES string of the molecule is N[C@]1(C2CCc3ccccc32)C=Cc2cc(Nc3nc(N4CCCCC4)no3)ccc2N1. The van der Waals surface area contributed by atoms with Crippen molar-refractivity contribution < 1.29 is 4.52 Å². The molecule has 2 aliphatic heterocycles. The van der Waals surface area contributed by atoms with E-state index in [1.54, 1.807) is 0 Å². The van der Waals surface area contributed by atoms with E-state index in [1.807, 2.05) is 6.07 Å². The number of nitrogens with two attached hydrogens (primary N) is 1. The first-order valence-electron chi connectivity index (χ1n) is 11.5. The Bertz CT molecular complexity index is 1160. The number of aromatic nitrogens is 2. The molecule has 0 bridgehead atoms. The maximum atomic E-state index is 6.88. The van der Waals surface area contributed by atoms with Crippen LogP contribution in [0.4, 0.5) is 23.3 Å². The van der Waals surface area contributed by atoms with Crippen LogP contribution in [-0.2, 0) is 6.42 Å². The fraction of sp³-hybridized carbons (Fsp3) is 0.360. The molecule has 1 saturated heterocycles. The maximum Gasteiger partial charge on any atom is 0.327 e. The van der Waals surface area contributed by atoms with Gasteiger partial charge in [-0.05, 0) is 78.2 Å². The zero-order chi connectivity index (χ0) is 21.5. The first kappa shape index (κ1) is 19.4. The molecule has 0 amide bonds. The average molecular weight is 429 g/mol. The van der Waals surface area contributed by atoms with E-state index >= 15 is 0 Å². The van der Waals surface area contributed by atoms with Crippen LogP contribution in [0.2, 0.25) is 0 Å². The number of nitrogens with zero attached hydrogens (tertiary/aromatic N) is 3. The molecule has 1 aliphatic carbocycles. The molecule has 0 radical (unpaired) electrons. The van der Waals surface area contributed by atoms with E-state index in [4.69, 9.17) is 10.3 Å². The summed E-state index contributed by atoms with van der Waals surface area (Å²) in [6.07, 6.45) is 9.98. The number of rotatable bonds is 4. The van der Waals surface area contributed by atoms with Crippen molar-refractivity contribution in [3.8, 4) is 0 Å². The highest BCUT2D eigenvalue weighted by atomic mass is 16.5. The number of hydrogen-bond acceptors (Lipinski definition) is 7. The van der Waals surface area contributed by atoms with Crippen molar-refractivity contribution in [1.29, 1.82) is 0 Å². The van der Waals surface area contributed by atoms with Gasteiger partial charge in [0.2, 0.25) is 0 Å². The average Bonchev–Trinajstić information content (AvgIpc) is 3.47. The van der Waals surface area contributed by atoms with Gasteiger partial charge in [0.15, 0.2) is 0 Å². The summed E-state index contributed by atoms with van der Waals surface area (Å²) in [4.78, 5) is 6.70. The molecular weight excluding hydrogens is 400 g/mol. The lowest BCUT2D eigenvalue weighted by molar-refractivity contribution is 0.429. The van der Waals surface area contributed by atoms with E-state index in [1.165, 1.54) is 30.4 Å². The number of benzene rings is 2. The van der Waals surface area contributed by atoms with E-state index in [0.29, 0.717) is 12.0 Å². The lowest BCUT2D eigenvalue weighted by atomic mass is 9.84. The first-order valence-corrected chi connectivity index (χ1v) is 11.5. The van der Waals surface area contributed by atoms with Crippen LogP contribution < -0.4 is 21.3 Å². The first-order chi connectivity index (χ1) is 15.7.